The third-order valence-corrected chi connectivity index (χ3v) is 4.45. The van der Waals surface area contributed by atoms with Gasteiger partial charge in [-0.3, -0.25) is 0 Å². The van der Waals surface area contributed by atoms with Crippen molar-refractivity contribution in [3.8, 4) is 5.75 Å². The lowest BCUT2D eigenvalue weighted by molar-refractivity contribution is 0.236. The van der Waals surface area contributed by atoms with Crippen LogP contribution in [0.5, 0.6) is 5.75 Å². The second-order valence-electron chi connectivity index (χ2n) is 5.35. The number of hydrogen-bond acceptors (Lipinski definition) is 4. The Morgan fingerprint density at radius 1 is 1.12 bits per heavy atom. The van der Waals surface area contributed by atoms with Gasteiger partial charge in [0.15, 0.2) is 0 Å². The molecule has 6 heteroatoms. The van der Waals surface area contributed by atoms with Gasteiger partial charge >= 0.3 is 6.03 Å². The smallest absolute Gasteiger partial charge is 0.315 e. The Balaban J connectivity index is 1.37. The molecule has 0 saturated carbocycles. The van der Waals surface area contributed by atoms with Gasteiger partial charge in [0.2, 0.25) is 0 Å². The number of nitrogens with zero attached hydrogens (tertiary/aromatic N) is 1. The maximum atomic E-state index is 11.8. The van der Waals surface area contributed by atoms with Crippen LogP contribution in [-0.2, 0) is 6.54 Å². The summed E-state index contributed by atoms with van der Waals surface area (Å²) in [4.78, 5) is 16.3. The number of carbonyl (C=O) groups excluding carboxylic acids is 1. The molecular formula is C18H19N3O2S. The number of nitrogens with one attached hydrogen (secondary N) is 2. The molecule has 0 spiro atoms. The zero-order valence-electron chi connectivity index (χ0n) is 13.4. The Kier molecular flexibility index (Phi) is 5.28. The Bertz CT molecular complexity index is 782. The van der Waals surface area contributed by atoms with Gasteiger partial charge in [-0.25, -0.2) is 9.78 Å². The van der Waals surface area contributed by atoms with Gasteiger partial charge in [0.05, 0.1) is 23.3 Å². The summed E-state index contributed by atoms with van der Waals surface area (Å²) in [6.07, 6.45) is 0. The van der Waals surface area contributed by atoms with Crippen LogP contribution in [0.25, 0.3) is 10.2 Å². The average Bonchev–Trinajstić information content (AvgIpc) is 3.01. The molecule has 1 aromatic heterocycles. The fourth-order valence-electron chi connectivity index (χ4n) is 2.18. The first kappa shape index (κ1) is 16.3. The highest BCUT2D eigenvalue weighted by atomic mass is 32.1. The van der Waals surface area contributed by atoms with Crippen molar-refractivity contribution in [2.45, 2.75) is 13.5 Å². The summed E-state index contributed by atoms with van der Waals surface area (Å²) in [5.74, 6) is 0.803. The summed E-state index contributed by atoms with van der Waals surface area (Å²) in [6.45, 7) is 3.32. The highest BCUT2D eigenvalue weighted by Crippen LogP contribution is 2.21. The molecule has 0 fully saturated rings. The van der Waals surface area contributed by atoms with Crippen molar-refractivity contribution in [2.24, 2.45) is 0 Å². The van der Waals surface area contributed by atoms with Gasteiger partial charge in [-0.05, 0) is 31.2 Å². The van der Waals surface area contributed by atoms with Gasteiger partial charge < -0.3 is 15.4 Å². The van der Waals surface area contributed by atoms with E-state index in [4.69, 9.17) is 4.74 Å². The standard InChI is InChI=1S/C18H19N3O2S/c1-13-6-8-14(9-7-13)23-11-10-19-18(22)20-12-17-21-15-4-2-3-5-16(15)24-17/h2-9H,10-12H2,1H3,(H2,19,20,22). The first-order valence-electron chi connectivity index (χ1n) is 7.76. The Morgan fingerprint density at radius 3 is 2.71 bits per heavy atom. The zero-order valence-corrected chi connectivity index (χ0v) is 14.2. The zero-order chi connectivity index (χ0) is 16.8. The molecule has 124 valence electrons. The minimum atomic E-state index is -0.221. The second kappa shape index (κ2) is 7.79. The van der Waals surface area contributed by atoms with Gasteiger partial charge in [0, 0.05) is 0 Å². The van der Waals surface area contributed by atoms with Crippen LogP contribution < -0.4 is 15.4 Å². The number of aromatic nitrogens is 1. The van der Waals surface area contributed by atoms with Gasteiger partial charge in [-0.1, -0.05) is 29.8 Å². The lowest BCUT2D eigenvalue weighted by atomic mass is 10.2. The van der Waals surface area contributed by atoms with Gasteiger partial charge in [0.25, 0.3) is 0 Å². The van der Waals surface area contributed by atoms with E-state index in [0.29, 0.717) is 19.7 Å². The lowest BCUT2D eigenvalue weighted by Gasteiger charge is -2.08. The lowest BCUT2D eigenvalue weighted by Crippen LogP contribution is -2.37. The van der Waals surface area contributed by atoms with Crippen LogP contribution in [0.3, 0.4) is 0 Å². The number of urea groups is 1. The summed E-state index contributed by atoms with van der Waals surface area (Å²) >= 11 is 1.59. The van der Waals surface area contributed by atoms with Crippen LogP contribution in [0.2, 0.25) is 0 Å². The molecule has 3 rings (SSSR count). The van der Waals surface area contributed by atoms with Gasteiger partial charge in [-0.2, -0.15) is 0 Å². The van der Waals surface area contributed by atoms with Crippen LogP contribution in [-0.4, -0.2) is 24.2 Å². The van der Waals surface area contributed by atoms with E-state index in [1.54, 1.807) is 11.3 Å². The van der Waals surface area contributed by atoms with Crippen molar-refractivity contribution < 1.29 is 9.53 Å². The van der Waals surface area contributed by atoms with E-state index in [1.807, 2.05) is 55.5 Å². The minimum Gasteiger partial charge on any atom is -0.492 e. The molecule has 0 bridgehead atoms. The second-order valence-corrected chi connectivity index (χ2v) is 6.46. The number of benzene rings is 2. The van der Waals surface area contributed by atoms with Crippen LogP contribution in [0.1, 0.15) is 10.6 Å². The van der Waals surface area contributed by atoms with E-state index in [9.17, 15) is 4.79 Å². The molecule has 0 aliphatic rings. The van der Waals surface area contributed by atoms with E-state index >= 15 is 0 Å². The number of carbonyl (C=O) groups is 1. The van der Waals surface area contributed by atoms with E-state index < -0.39 is 0 Å². The highest BCUT2D eigenvalue weighted by Gasteiger charge is 2.05. The average molecular weight is 341 g/mol. The maximum absolute atomic E-state index is 11.8. The summed E-state index contributed by atoms with van der Waals surface area (Å²) in [6, 6.07) is 15.5. The van der Waals surface area contributed by atoms with E-state index in [-0.39, 0.29) is 6.03 Å². The van der Waals surface area contributed by atoms with Crippen molar-refractivity contribution in [3.05, 3.63) is 59.1 Å². The number of hydrogen-bond donors (Lipinski definition) is 2. The van der Waals surface area contributed by atoms with Crippen LogP contribution in [0.4, 0.5) is 4.79 Å². The molecule has 24 heavy (non-hydrogen) atoms. The predicted octanol–water partition coefficient (Wildman–Crippen LogP) is 3.48. The van der Waals surface area contributed by atoms with E-state index in [2.05, 4.69) is 15.6 Å². The number of para-hydroxylation sites is 1. The molecule has 0 atom stereocenters. The first-order valence-corrected chi connectivity index (χ1v) is 8.58. The molecule has 0 unspecified atom stereocenters. The molecule has 2 amide bonds. The van der Waals surface area contributed by atoms with E-state index in [0.717, 1.165) is 21.0 Å². The monoisotopic (exact) mass is 341 g/mol. The molecule has 2 N–H and O–H groups in total. The molecule has 0 saturated heterocycles. The highest BCUT2D eigenvalue weighted by molar-refractivity contribution is 7.18. The Hall–Kier alpha value is -2.60. The number of fused-ring (bicyclic) bond motifs is 1. The topological polar surface area (TPSA) is 63.2 Å². The van der Waals surface area contributed by atoms with Crippen molar-refractivity contribution in [1.29, 1.82) is 0 Å². The minimum absolute atomic E-state index is 0.221. The number of amides is 2. The SMILES string of the molecule is Cc1ccc(OCCNC(=O)NCc2nc3ccccc3s2)cc1. The first-order chi connectivity index (χ1) is 11.7. The molecule has 0 aliphatic heterocycles. The number of thiazole rings is 1. The van der Waals surface area contributed by atoms with Crippen LogP contribution in [0.15, 0.2) is 48.5 Å². The number of aryl methyl sites for hydroxylation is 1. The normalized spacial score (nSPS) is 10.5. The maximum Gasteiger partial charge on any atom is 0.315 e. The molecular weight excluding hydrogens is 322 g/mol. The van der Waals surface area contributed by atoms with Gasteiger partial charge in [0.1, 0.15) is 17.4 Å². The number of ether oxygens (including phenoxy) is 1. The fourth-order valence-corrected chi connectivity index (χ4v) is 3.09. The summed E-state index contributed by atoms with van der Waals surface area (Å²) in [7, 11) is 0. The third-order valence-electron chi connectivity index (χ3n) is 3.42. The Morgan fingerprint density at radius 2 is 1.92 bits per heavy atom. The van der Waals surface area contributed by atoms with Crippen LogP contribution in [0, 0.1) is 6.92 Å². The van der Waals surface area contributed by atoms with Crippen molar-refractivity contribution in [1.82, 2.24) is 15.6 Å². The molecule has 5 nitrogen and oxygen atoms in total. The third kappa shape index (κ3) is 4.45. The van der Waals surface area contributed by atoms with Gasteiger partial charge in [-0.15, -0.1) is 11.3 Å². The predicted molar refractivity (Wildman–Crippen MR) is 96.5 cm³/mol. The molecule has 0 aliphatic carbocycles. The summed E-state index contributed by atoms with van der Waals surface area (Å²) in [5, 5.41) is 6.47. The molecule has 3 aromatic rings. The van der Waals surface area contributed by atoms with Crippen LogP contribution >= 0.6 is 11.3 Å². The van der Waals surface area contributed by atoms with Crippen molar-refractivity contribution in [2.75, 3.05) is 13.2 Å². The van der Waals surface area contributed by atoms with E-state index in [1.165, 1.54) is 5.56 Å². The Labute approximate surface area is 144 Å². The molecule has 2 aromatic carbocycles. The molecule has 0 radical (unpaired) electrons. The van der Waals surface area contributed by atoms with Crippen molar-refractivity contribution >= 4 is 27.6 Å². The molecule has 1 heterocycles. The quantitative estimate of drug-likeness (QED) is 0.675. The summed E-state index contributed by atoms with van der Waals surface area (Å²) in [5.41, 5.74) is 2.15. The largest absolute Gasteiger partial charge is 0.492 e. The fraction of sp³-hybridized carbons (Fsp3) is 0.222. The van der Waals surface area contributed by atoms with Crippen molar-refractivity contribution in [3.63, 3.8) is 0 Å². The number of rotatable bonds is 6. The summed E-state index contributed by atoms with van der Waals surface area (Å²) < 4.78 is 6.69.